The standard InChI is InChI=1S/C20H28N4O3/c1-22(2)20(25)13-18-15-26-11-10-24(18)14-17-3-5-19(6-4-17)27-12-9-23-8-7-21-16-23/h3-8,16,18H,9-15H2,1-2H3. The minimum absolute atomic E-state index is 0.125. The Bertz CT molecular complexity index is 701. The van der Waals surface area contributed by atoms with Crippen LogP contribution in [-0.4, -0.2) is 71.8 Å². The van der Waals surface area contributed by atoms with E-state index in [0.29, 0.717) is 26.2 Å². The van der Waals surface area contributed by atoms with Gasteiger partial charge >= 0.3 is 0 Å². The third kappa shape index (κ3) is 5.80. The number of amides is 1. The predicted octanol–water partition coefficient (Wildman–Crippen LogP) is 1.64. The van der Waals surface area contributed by atoms with Crippen molar-refractivity contribution in [2.24, 2.45) is 0 Å². The molecule has 1 fully saturated rings. The highest BCUT2D eigenvalue weighted by Crippen LogP contribution is 2.18. The maximum atomic E-state index is 12.1. The molecular weight excluding hydrogens is 344 g/mol. The van der Waals surface area contributed by atoms with Gasteiger partial charge in [0.05, 0.1) is 26.1 Å². The van der Waals surface area contributed by atoms with Gasteiger partial charge in [-0.15, -0.1) is 0 Å². The van der Waals surface area contributed by atoms with Crippen molar-refractivity contribution in [2.45, 2.75) is 25.6 Å². The number of carbonyl (C=O) groups is 1. The zero-order valence-corrected chi connectivity index (χ0v) is 16.1. The molecule has 1 atom stereocenters. The number of rotatable bonds is 8. The van der Waals surface area contributed by atoms with E-state index in [9.17, 15) is 4.79 Å². The zero-order valence-electron chi connectivity index (χ0n) is 16.1. The molecule has 146 valence electrons. The summed E-state index contributed by atoms with van der Waals surface area (Å²) in [6, 6.07) is 8.31. The summed E-state index contributed by atoms with van der Waals surface area (Å²) in [7, 11) is 3.59. The SMILES string of the molecule is CN(C)C(=O)CC1COCCN1Cc1ccc(OCCn2ccnc2)cc1. The van der Waals surface area contributed by atoms with Gasteiger partial charge < -0.3 is 18.9 Å². The van der Waals surface area contributed by atoms with Crippen LogP contribution in [0.25, 0.3) is 0 Å². The summed E-state index contributed by atoms with van der Waals surface area (Å²) in [5, 5.41) is 0. The Balaban J connectivity index is 1.50. The van der Waals surface area contributed by atoms with Gasteiger partial charge in [0, 0.05) is 52.0 Å². The first kappa shape index (κ1) is 19.4. The molecule has 27 heavy (non-hydrogen) atoms. The molecule has 0 bridgehead atoms. The second-order valence-corrected chi connectivity index (χ2v) is 6.98. The van der Waals surface area contributed by atoms with Crippen molar-refractivity contribution in [2.75, 3.05) is 40.5 Å². The Hall–Kier alpha value is -2.38. The Morgan fingerprint density at radius 2 is 2.15 bits per heavy atom. The van der Waals surface area contributed by atoms with Crippen molar-refractivity contribution in [3.05, 3.63) is 48.5 Å². The molecule has 1 amide bonds. The Morgan fingerprint density at radius 1 is 1.33 bits per heavy atom. The van der Waals surface area contributed by atoms with E-state index < -0.39 is 0 Å². The molecule has 1 aromatic heterocycles. The first-order chi connectivity index (χ1) is 13.1. The number of carbonyl (C=O) groups excluding carboxylic acids is 1. The maximum absolute atomic E-state index is 12.1. The Kier molecular flexibility index (Phi) is 6.84. The molecular formula is C20H28N4O3. The average molecular weight is 372 g/mol. The fourth-order valence-electron chi connectivity index (χ4n) is 3.08. The van der Waals surface area contributed by atoms with Crippen LogP contribution in [0.4, 0.5) is 0 Å². The van der Waals surface area contributed by atoms with Gasteiger partial charge in [0.25, 0.3) is 0 Å². The van der Waals surface area contributed by atoms with E-state index >= 15 is 0 Å². The lowest BCUT2D eigenvalue weighted by molar-refractivity contribution is -0.132. The molecule has 1 aliphatic heterocycles. The highest BCUT2D eigenvalue weighted by molar-refractivity contribution is 5.76. The van der Waals surface area contributed by atoms with Gasteiger partial charge in [-0.3, -0.25) is 9.69 Å². The fourth-order valence-corrected chi connectivity index (χ4v) is 3.08. The fraction of sp³-hybridized carbons (Fsp3) is 0.500. The summed E-state index contributed by atoms with van der Waals surface area (Å²) in [4.78, 5) is 20.1. The lowest BCUT2D eigenvalue weighted by atomic mass is 10.1. The van der Waals surface area contributed by atoms with Crippen LogP contribution in [0.3, 0.4) is 0 Å². The predicted molar refractivity (Wildman–Crippen MR) is 102 cm³/mol. The molecule has 3 rings (SSSR count). The molecule has 0 radical (unpaired) electrons. The first-order valence-electron chi connectivity index (χ1n) is 9.31. The van der Waals surface area contributed by atoms with Crippen molar-refractivity contribution < 1.29 is 14.3 Å². The van der Waals surface area contributed by atoms with E-state index in [1.807, 2.05) is 22.9 Å². The van der Waals surface area contributed by atoms with Crippen LogP contribution in [0.2, 0.25) is 0 Å². The van der Waals surface area contributed by atoms with E-state index in [1.165, 1.54) is 5.56 Å². The number of ether oxygens (including phenoxy) is 2. The van der Waals surface area contributed by atoms with E-state index in [4.69, 9.17) is 9.47 Å². The second-order valence-electron chi connectivity index (χ2n) is 6.98. The number of morpholine rings is 1. The lowest BCUT2D eigenvalue weighted by Gasteiger charge is -2.35. The summed E-state index contributed by atoms with van der Waals surface area (Å²) in [5.41, 5.74) is 1.21. The van der Waals surface area contributed by atoms with Crippen molar-refractivity contribution in [1.29, 1.82) is 0 Å². The topological polar surface area (TPSA) is 59.8 Å². The maximum Gasteiger partial charge on any atom is 0.223 e. The van der Waals surface area contributed by atoms with Gasteiger partial charge in [0.2, 0.25) is 5.91 Å². The third-order valence-corrected chi connectivity index (χ3v) is 4.74. The number of aromatic nitrogens is 2. The number of imidazole rings is 1. The Morgan fingerprint density at radius 3 is 2.85 bits per heavy atom. The monoisotopic (exact) mass is 372 g/mol. The quantitative estimate of drug-likeness (QED) is 0.705. The molecule has 0 N–H and O–H groups in total. The Labute approximate surface area is 160 Å². The van der Waals surface area contributed by atoms with Crippen molar-refractivity contribution >= 4 is 5.91 Å². The number of benzene rings is 1. The first-order valence-corrected chi connectivity index (χ1v) is 9.31. The van der Waals surface area contributed by atoms with Crippen LogP contribution < -0.4 is 4.74 Å². The van der Waals surface area contributed by atoms with E-state index in [1.54, 1.807) is 31.5 Å². The minimum Gasteiger partial charge on any atom is -0.492 e. The average Bonchev–Trinajstić information content (AvgIpc) is 3.18. The van der Waals surface area contributed by atoms with Crippen LogP contribution in [0.15, 0.2) is 43.0 Å². The lowest BCUT2D eigenvalue weighted by Crippen LogP contribution is -2.47. The number of hydrogen-bond donors (Lipinski definition) is 0. The molecule has 0 spiro atoms. The highest BCUT2D eigenvalue weighted by Gasteiger charge is 2.26. The molecule has 1 aliphatic rings. The van der Waals surface area contributed by atoms with Gasteiger partial charge in [-0.1, -0.05) is 12.1 Å². The van der Waals surface area contributed by atoms with Gasteiger partial charge in [0.15, 0.2) is 0 Å². The van der Waals surface area contributed by atoms with E-state index in [2.05, 4.69) is 22.0 Å². The number of nitrogens with zero attached hydrogens (tertiary/aromatic N) is 4. The summed E-state index contributed by atoms with van der Waals surface area (Å²) in [5.74, 6) is 0.998. The van der Waals surface area contributed by atoms with Crippen molar-refractivity contribution in [1.82, 2.24) is 19.4 Å². The van der Waals surface area contributed by atoms with Crippen molar-refractivity contribution in [3.63, 3.8) is 0 Å². The summed E-state index contributed by atoms with van der Waals surface area (Å²) in [6.07, 6.45) is 5.96. The molecule has 1 aromatic carbocycles. The summed E-state index contributed by atoms with van der Waals surface area (Å²) in [6.45, 7) is 4.35. The normalized spacial score (nSPS) is 17.6. The van der Waals surface area contributed by atoms with Crippen LogP contribution in [0.1, 0.15) is 12.0 Å². The molecule has 0 saturated carbocycles. The third-order valence-electron chi connectivity index (χ3n) is 4.74. The van der Waals surface area contributed by atoms with Gasteiger partial charge in [0.1, 0.15) is 12.4 Å². The summed E-state index contributed by atoms with van der Waals surface area (Å²) >= 11 is 0. The molecule has 7 nitrogen and oxygen atoms in total. The molecule has 2 heterocycles. The molecule has 2 aromatic rings. The second kappa shape index (κ2) is 9.53. The smallest absolute Gasteiger partial charge is 0.223 e. The molecule has 1 saturated heterocycles. The zero-order chi connectivity index (χ0) is 19.1. The molecule has 7 heteroatoms. The van der Waals surface area contributed by atoms with Crippen LogP contribution in [0.5, 0.6) is 5.75 Å². The summed E-state index contributed by atoms with van der Waals surface area (Å²) < 4.78 is 13.4. The van der Waals surface area contributed by atoms with E-state index in [-0.39, 0.29) is 11.9 Å². The van der Waals surface area contributed by atoms with Gasteiger partial charge in [-0.05, 0) is 17.7 Å². The van der Waals surface area contributed by atoms with E-state index in [0.717, 1.165) is 25.4 Å². The van der Waals surface area contributed by atoms with Crippen LogP contribution >= 0.6 is 0 Å². The highest BCUT2D eigenvalue weighted by atomic mass is 16.5. The molecule has 1 unspecified atom stereocenters. The van der Waals surface area contributed by atoms with Crippen LogP contribution in [0, 0.1) is 0 Å². The van der Waals surface area contributed by atoms with Crippen LogP contribution in [-0.2, 0) is 22.6 Å². The van der Waals surface area contributed by atoms with Gasteiger partial charge in [-0.25, -0.2) is 4.98 Å². The minimum atomic E-state index is 0.125. The largest absolute Gasteiger partial charge is 0.492 e. The number of hydrogen-bond acceptors (Lipinski definition) is 5. The van der Waals surface area contributed by atoms with Gasteiger partial charge in [-0.2, -0.15) is 0 Å². The van der Waals surface area contributed by atoms with Crippen molar-refractivity contribution in [3.8, 4) is 5.75 Å². The molecule has 0 aliphatic carbocycles.